The van der Waals surface area contributed by atoms with Crippen molar-refractivity contribution >= 4 is 36.7 Å². The monoisotopic (exact) mass is 666 g/mol. The molecule has 4 N–H and O–H groups in total. The molecule has 2 saturated heterocycles. The van der Waals surface area contributed by atoms with E-state index in [1.807, 2.05) is 27.7 Å². The zero-order valence-corrected chi connectivity index (χ0v) is 29.2. The van der Waals surface area contributed by atoms with E-state index in [1.54, 1.807) is 4.90 Å². The third-order valence-corrected chi connectivity index (χ3v) is 11.4. The molecule has 6 rings (SSSR count). The zero-order valence-electron chi connectivity index (χ0n) is 29.2. The molecule has 4 amide bonds. The first-order chi connectivity index (χ1) is 22.5. The number of carboxylic acids is 1. The Balaban J connectivity index is 1.22. The van der Waals surface area contributed by atoms with E-state index in [1.165, 1.54) is 30.7 Å². The molecule has 262 valence electrons. The maximum atomic E-state index is 13.9. The van der Waals surface area contributed by atoms with Crippen LogP contribution < -0.4 is 16.0 Å². The van der Waals surface area contributed by atoms with Crippen LogP contribution in [-0.2, 0) is 23.7 Å². The second-order valence-corrected chi connectivity index (χ2v) is 15.6. The quantitative estimate of drug-likeness (QED) is 0.262. The normalized spacial score (nSPS) is 28.6. The number of likely N-dealkylation sites (tertiary alicyclic amines) is 1. The standard InChI is InChI=1S/C35H51BN4O8/c1-19(2)28(38-31(44)22-12-10-21(11-13-22)30(43)37-18-27(41)42)33(46)40-14-8-9-25(40)32(45)39-29(20(3)4)36-47-26-16-23-15-24(34(23,5)6)17-35(26,7)48-36/h10-13,19-20,23-26,28-29H,8-9,14-18H2,1-7H3,(H,37,43)(H,38,44)(H,39,45)(H,41,42)/t23-,24+,25-,26+,28-,29-,35-/m0/s1. The summed E-state index contributed by atoms with van der Waals surface area (Å²) in [6, 6.07) is 4.16. The van der Waals surface area contributed by atoms with E-state index in [-0.39, 0.29) is 40.9 Å². The van der Waals surface area contributed by atoms with Gasteiger partial charge < -0.3 is 35.3 Å². The Morgan fingerprint density at radius 1 is 0.938 bits per heavy atom. The van der Waals surface area contributed by atoms with Crippen LogP contribution in [0.25, 0.3) is 0 Å². The number of benzene rings is 1. The highest BCUT2D eigenvalue weighted by Crippen LogP contribution is 2.61. The number of carbonyl (C=O) groups excluding carboxylic acids is 4. The number of hydrogen-bond donors (Lipinski definition) is 4. The van der Waals surface area contributed by atoms with Gasteiger partial charge in [0.1, 0.15) is 18.6 Å². The fourth-order valence-corrected chi connectivity index (χ4v) is 8.00. The average molecular weight is 667 g/mol. The molecule has 0 aromatic heterocycles. The summed E-state index contributed by atoms with van der Waals surface area (Å²) in [6.45, 7) is 14.5. The Labute approximate surface area is 283 Å². The van der Waals surface area contributed by atoms with Gasteiger partial charge in [0.05, 0.1) is 17.6 Å². The van der Waals surface area contributed by atoms with Gasteiger partial charge in [-0.1, -0.05) is 41.5 Å². The number of carboxylic acid groups (broad SMARTS) is 1. The predicted octanol–water partition coefficient (Wildman–Crippen LogP) is 3.04. The Morgan fingerprint density at radius 3 is 2.17 bits per heavy atom. The van der Waals surface area contributed by atoms with Gasteiger partial charge in [0.15, 0.2) is 0 Å². The molecule has 12 nitrogen and oxygen atoms in total. The Kier molecular flexibility index (Phi) is 10.3. The van der Waals surface area contributed by atoms with Gasteiger partial charge in [-0.3, -0.25) is 24.0 Å². The molecule has 0 unspecified atom stereocenters. The van der Waals surface area contributed by atoms with Crippen molar-refractivity contribution in [3.63, 3.8) is 0 Å². The molecule has 1 aromatic carbocycles. The van der Waals surface area contributed by atoms with Crippen molar-refractivity contribution < 1.29 is 38.4 Å². The Morgan fingerprint density at radius 2 is 1.58 bits per heavy atom. The minimum absolute atomic E-state index is 0.0253. The van der Waals surface area contributed by atoms with Gasteiger partial charge in [-0.25, -0.2) is 0 Å². The summed E-state index contributed by atoms with van der Waals surface area (Å²) in [6.07, 6.45) is 4.26. The third-order valence-electron chi connectivity index (χ3n) is 11.4. The molecule has 5 aliphatic rings. The SMILES string of the molecule is CC(C)[C@H](NC(=O)[C@@H]1CCCN1C(=O)[C@@H](NC(=O)c1ccc(C(=O)NCC(=O)O)cc1)C(C)C)B1O[C@@H]2C[C@@H]3C[C@H](C[C@]2(C)O1)C3(C)C. The molecule has 13 heteroatoms. The van der Waals surface area contributed by atoms with Crippen molar-refractivity contribution in [1.29, 1.82) is 0 Å². The summed E-state index contributed by atoms with van der Waals surface area (Å²) >= 11 is 0. The lowest BCUT2D eigenvalue weighted by Crippen LogP contribution is -2.58. The number of nitrogens with one attached hydrogen (secondary N) is 3. The maximum absolute atomic E-state index is 13.9. The zero-order chi connectivity index (χ0) is 35.1. The van der Waals surface area contributed by atoms with Gasteiger partial charge in [0.2, 0.25) is 11.8 Å². The van der Waals surface area contributed by atoms with Gasteiger partial charge in [0, 0.05) is 17.7 Å². The molecule has 2 heterocycles. The van der Waals surface area contributed by atoms with E-state index >= 15 is 0 Å². The molecule has 2 aliphatic heterocycles. The van der Waals surface area contributed by atoms with Gasteiger partial charge in [-0.2, -0.15) is 0 Å². The fourth-order valence-electron chi connectivity index (χ4n) is 8.00. The molecule has 3 saturated carbocycles. The van der Waals surface area contributed by atoms with Crippen LogP contribution in [0, 0.1) is 29.1 Å². The van der Waals surface area contributed by atoms with Crippen LogP contribution in [0.2, 0.25) is 0 Å². The fraction of sp³-hybridized carbons (Fsp3) is 0.686. The number of rotatable bonds is 11. The van der Waals surface area contributed by atoms with Gasteiger partial charge in [-0.15, -0.1) is 0 Å². The Hall–Kier alpha value is -3.45. The van der Waals surface area contributed by atoms with Crippen molar-refractivity contribution in [2.45, 2.75) is 110 Å². The average Bonchev–Trinajstić information content (AvgIpc) is 3.59. The number of hydrogen-bond acceptors (Lipinski definition) is 7. The van der Waals surface area contributed by atoms with Gasteiger partial charge in [-0.05, 0) is 92.4 Å². The summed E-state index contributed by atoms with van der Waals surface area (Å²) in [7, 11) is -0.576. The van der Waals surface area contributed by atoms with Crippen molar-refractivity contribution in [3.05, 3.63) is 35.4 Å². The van der Waals surface area contributed by atoms with Crippen LogP contribution in [0.15, 0.2) is 24.3 Å². The summed E-state index contributed by atoms with van der Waals surface area (Å²) in [5, 5.41) is 17.1. The smallest absolute Gasteiger partial charge is 0.480 e. The molecular weight excluding hydrogens is 615 g/mol. The van der Waals surface area contributed by atoms with Crippen LogP contribution in [0.4, 0.5) is 0 Å². The molecule has 48 heavy (non-hydrogen) atoms. The minimum Gasteiger partial charge on any atom is -0.480 e. The molecule has 2 bridgehead atoms. The maximum Gasteiger partial charge on any atom is 0.481 e. The van der Waals surface area contributed by atoms with Gasteiger partial charge >= 0.3 is 13.1 Å². The molecule has 7 atom stereocenters. The summed E-state index contributed by atoms with van der Waals surface area (Å²) in [4.78, 5) is 65.4. The molecular formula is C35H51BN4O8. The lowest BCUT2D eigenvalue weighted by molar-refractivity contribution is -0.140. The lowest BCUT2D eigenvalue weighted by Gasteiger charge is -2.51. The van der Waals surface area contributed by atoms with E-state index in [0.717, 1.165) is 12.8 Å². The van der Waals surface area contributed by atoms with Crippen LogP contribution >= 0.6 is 0 Å². The molecule has 0 radical (unpaired) electrons. The first kappa shape index (κ1) is 35.9. The van der Waals surface area contributed by atoms with E-state index in [0.29, 0.717) is 36.6 Å². The van der Waals surface area contributed by atoms with Crippen molar-refractivity contribution in [2.75, 3.05) is 13.1 Å². The highest BCUT2D eigenvalue weighted by atomic mass is 16.7. The second-order valence-electron chi connectivity index (χ2n) is 15.6. The summed E-state index contributed by atoms with van der Waals surface area (Å²) < 4.78 is 13.3. The first-order valence-electron chi connectivity index (χ1n) is 17.4. The van der Waals surface area contributed by atoms with Crippen LogP contribution in [0.1, 0.15) is 101 Å². The van der Waals surface area contributed by atoms with E-state index in [4.69, 9.17) is 14.4 Å². The third kappa shape index (κ3) is 7.13. The van der Waals surface area contributed by atoms with E-state index < -0.39 is 55.1 Å². The minimum atomic E-state index is -1.17. The summed E-state index contributed by atoms with van der Waals surface area (Å²) in [5.74, 6) is -2.25. The van der Waals surface area contributed by atoms with Crippen LogP contribution in [-0.4, -0.2) is 89.5 Å². The Bertz CT molecular complexity index is 1420. The van der Waals surface area contributed by atoms with Crippen molar-refractivity contribution in [3.8, 4) is 0 Å². The molecule has 1 aromatic rings. The largest absolute Gasteiger partial charge is 0.481 e. The van der Waals surface area contributed by atoms with E-state index in [9.17, 15) is 24.0 Å². The van der Waals surface area contributed by atoms with E-state index in [2.05, 4.69) is 36.7 Å². The van der Waals surface area contributed by atoms with Crippen LogP contribution in [0.3, 0.4) is 0 Å². The number of nitrogens with zero attached hydrogens (tertiary/aromatic N) is 1. The molecule has 5 fully saturated rings. The molecule has 3 aliphatic carbocycles. The number of aliphatic carboxylic acids is 1. The number of amides is 4. The predicted molar refractivity (Wildman–Crippen MR) is 179 cm³/mol. The summed E-state index contributed by atoms with van der Waals surface area (Å²) in [5.41, 5.74) is 0.328. The van der Waals surface area contributed by atoms with Crippen molar-refractivity contribution in [1.82, 2.24) is 20.9 Å². The second kappa shape index (κ2) is 13.8. The number of carbonyl (C=O) groups is 5. The van der Waals surface area contributed by atoms with Gasteiger partial charge in [0.25, 0.3) is 11.8 Å². The topological polar surface area (TPSA) is 163 Å². The first-order valence-corrected chi connectivity index (χ1v) is 17.4. The highest BCUT2D eigenvalue weighted by Gasteiger charge is 2.62. The van der Waals surface area contributed by atoms with Crippen molar-refractivity contribution in [2.24, 2.45) is 29.1 Å². The van der Waals surface area contributed by atoms with Crippen LogP contribution in [0.5, 0.6) is 0 Å². The lowest BCUT2D eigenvalue weighted by atomic mass is 9.54. The molecule has 0 spiro atoms. The highest BCUT2D eigenvalue weighted by molar-refractivity contribution is 6.48.